The van der Waals surface area contributed by atoms with E-state index in [1.807, 2.05) is 18.2 Å². The lowest BCUT2D eigenvalue weighted by Gasteiger charge is -2.26. The molecule has 0 fully saturated rings. The molecule has 0 amide bonds. The number of hydrogen-bond acceptors (Lipinski definition) is 4. The Morgan fingerprint density at radius 3 is 3.00 bits per heavy atom. The Kier molecular flexibility index (Phi) is 4.70. The number of fused-ring (bicyclic) bond motifs is 1. The van der Waals surface area contributed by atoms with E-state index in [-0.39, 0.29) is 5.75 Å². The maximum absolute atomic E-state index is 10.5. The number of phenolic OH excluding ortho intramolecular Hbond substituents is 1. The molecular weight excluding hydrogens is 312 g/mol. The largest absolute Gasteiger partial charge is 0.504 e. The number of ether oxygens (including phenoxy) is 1. The predicted octanol–water partition coefficient (Wildman–Crippen LogP) is 4.00. The van der Waals surface area contributed by atoms with Gasteiger partial charge in [0.1, 0.15) is 6.61 Å². The molecule has 2 heterocycles. The van der Waals surface area contributed by atoms with Crippen molar-refractivity contribution in [1.29, 1.82) is 0 Å². The second kappa shape index (κ2) is 7.28. The number of pyridine rings is 1. The van der Waals surface area contributed by atoms with E-state index in [0.29, 0.717) is 12.4 Å². The standard InChI is InChI=1S/C21H24N2O2/c24-20-13-17(19-8-4-5-9-22-19)12-18-15-23(10-11-25-21(18)20)14-16-6-2-1-3-7-16/h1-2,4-5,8-9,12-13,16,24H,3,6-7,10-11,14-15H2/t16-/m1/s1. The third kappa shape index (κ3) is 3.69. The average molecular weight is 336 g/mol. The van der Waals surface area contributed by atoms with E-state index < -0.39 is 0 Å². The van der Waals surface area contributed by atoms with E-state index in [0.717, 1.165) is 42.4 Å². The summed E-state index contributed by atoms with van der Waals surface area (Å²) in [7, 11) is 0. The van der Waals surface area contributed by atoms with Gasteiger partial charge in [0.05, 0.1) is 5.69 Å². The van der Waals surface area contributed by atoms with Crippen molar-refractivity contribution in [2.24, 2.45) is 5.92 Å². The van der Waals surface area contributed by atoms with Crippen molar-refractivity contribution in [1.82, 2.24) is 9.88 Å². The SMILES string of the molecule is Oc1cc(-c2ccccn2)cc2c1OCCN(C[C@@H]1CC=CCC1)C2. The Balaban J connectivity index is 1.58. The van der Waals surface area contributed by atoms with Crippen LogP contribution in [-0.4, -0.2) is 34.7 Å². The smallest absolute Gasteiger partial charge is 0.165 e. The molecular formula is C21H24N2O2. The predicted molar refractivity (Wildman–Crippen MR) is 98.6 cm³/mol. The van der Waals surface area contributed by atoms with Gasteiger partial charge in [-0.2, -0.15) is 0 Å². The number of benzene rings is 1. The lowest BCUT2D eigenvalue weighted by atomic mass is 9.93. The minimum absolute atomic E-state index is 0.209. The van der Waals surface area contributed by atoms with Crippen LogP contribution in [0.25, 0.3) is 11.3 Å². The molecule has 1 aliphatic carbocycles. The van der Waals surface area contributed by atoms with Gasteiger partial charge < -0.3 is 9.84 Å². The molecule has 0 unspecified atom stereocenters. The molecule has 0 radical (unpaired) electrons. The number of hydrogen-bond donors (Lipinski definition) is 1. The Morgan fingerprint density at radius 1 is 1.24 bits per heavy atom. The van der Waals surface area contributed by atoms with E-state index in [2.05, 4.69) is 28.1 Å². The van der Waals surface area contributed by atoms with Crippen molar-refractivity contribution in [3.63, 3.8) is 0 Å². The Labute approximate surface area is 148 Å². The zero-order valence-corrected chi connectivity index (χ0v) is 14.4. The van der Waals surface area contributed by atoms with Crippen LogP contribution in [0.1, 0.15) is 24.8 Å². The van der Waals surface area contributed by atoms with Crippen LogP contribution in [0, 0.1) is 5.92 Å². The number of phenols is 1. The Hall–Kier alpha value is -2.33. The fraction of sp³-hybridized carbons (Fsp3) is 0.381. The molecule has 4 nitrogen and oxygen atoms in total. The average Bonchev–Trinajstić information content (AvgIpc) is 2.85. The number of nitrogens with zero attached hydrogens (tertiary/aromatic N) is 2. The second-order valence-corrected chi connectivity index (χ2v) is 6.93. The van der Waals surface area contributed by atoms with Crippen LogP contribution in [0.2, 0.25) is 0 Å². The third-order valence-corrected chi connectivity index (χ3v) is 5.05. The first-order chi connectivity index (χ1) is 12.3. The molecule has 1 aliphatic heterocycles. The van der Waals surface area contributed by atoms with Gasteiger partial charge >= 0.3 is 0 Å². The first kappa shape index (κ1) is 16.2. The van der Waals surface area contributed by atoms with Gasteiger partial charge in [0.2, 0.25) is 0 Å². The van der Waals surface area contributed by atoms with Crippen molar-refractivity contribution in [3.8, 4) is 22.8 Å². The van der Waals surface area contributed by atoms with Crippen LogP contribution in [0.15, 0.2) is 48.7 Å². The van der Waals surface area contributed by atoms with Gasteiger partial charge in [-0.15, -0.1) is 0 Å². The van der Waals surface area contributed by atoms with Crippen LogP contribution < -0.4 is 4.74 Å². The molecule has 1 N–H and O–H groups in total. The number of aromatic nitrogens is 1. The number of rotatable bonds is 3. The van der Waals surface area contributed by atoms with Gasteiger partial charge in [-0.1, -0.05) is 18.2 Å². The molecule has 0 saturated heterocycles. The zero-order chi connectivity index (χ0) is 17.1. The van der Waals surface area contributed by atoms with Crippen molar-refractivity contribution in [3.05, 3.63) is 54.2 Å². The second-order valence-electron chi connectivity index (χ2n) is 6.93. The van der Waals surface area contributed by atoms with Crippen LogP contribution in [-0.2, 0) is 6.54 Å². The first-order valence-corrected chi connectivity index (χ1v) is 9.07. The lowest BCUT2D eigenvalue weighted by Crippen LogP contribution is -2.31. The zero-order valence-electron chi connectivity index (χ0n) is 14.4. The van der Waals surface area contributed by atoms with Crippen molar-refractivity contribution < 1.29 is 9.84 Å². The van der Waals surface area contributed by atoms with Crippen LogP contribution in [0.4, 0.5) is 0 Å². The minimum atomic E-state index is 0.209. The summed E-state index contributed by atoms with van der Waals surface area (Å²) >= 11 is 0. The first-order valence-electron chi connectivity index (χ1n) is 9.07. The topological polar surface area (TPSA) is 45.6 Å². The summed E-state index contributed by atoms with van der Waals surface area (Å²) in [5.74, 6) is 1.56. The number of aromatic hydroxyl groups is 1. The summed E-state index contributed by atoms with van der Waals surface area (Å²) in [6.45, 7) is 3.41. The molecule has 0 saturated carbocycles. The van der Waals surface area contributed by atoms with Gasteiger partial charge in [0.25, 0.3) is 0 Å². The molecule has 2 aliphatic rings. The number of allylic oxidation sites excluding steroid dienone is 2. The highest BCUT2D eigenvalue weighted by molar-refractivity contribution is 5.66. The molecule has 1 aromatic heterocycles. The molecule has 4 rings (SSSR count). The molecule has 0 spiro atoms. The van der Waals surface area contributed by atoms with E-state index >= 15 is 0 Å². The molecule has 1 aromatic carbocycles. The minimum Gasteiger partial charge on any atom is -0.504 e. The van der Waals surface area contributed by atoms with Gasteiger partial charge in [-0.05, 0) is 49.4 Å². The van der Waals surface area contributed by atoms with Crippen molar-refractivity contribution >= 4 is 0 Å². The van der Waals surface area contributed by atoms with Crippen molar-refractivity contribution in [2.45, 2.75) is 25.8 Å². The molecule has 0 bridgehead atoms. The van der Waals surface area contributed by atoms with Gasteiger partial charge in [-0.3, -0.25) is 9.88 Å². The molecule has 25 heavy (non-hydrogen) atoms. The summed E-state index contributed by atoms with van der Waals surface area (Å²) in [4.78, 5) is 6.86. The molecule has 1 atom stereocenters. The molecule has 130 valence electrons. The quantitative estimate of drug-likeness (QED) is 0.861. The maximum atomic E-state index is 10.5. The lowest BCUT2D eigenvalue weighted by molar-refractivity contribution is 0.192. The van der Waals surface area contributed by atoms with E-state index in [1.54, 1.807) is 12.3 Å². The van der Waals surface area contributed by atoms with E-state index in [4.69, 9.17) is 4.74 Å². The van der Waals surface area contributed by atoms with Crippen molar-refractivity contribution in [2.75, 3.05) is 19.7 Å². The fourth-order valence-electron chi connectivity index (χ4n) is 3.78. The summed E-state index contributed by atoms with van der Waals surface area (Å²) in [5.41, 5.74) is 2.85. The normalized spacial score (nSPS) is 20.6. The highest BCUT2D eigenvalue weighted by Gasteiger charge is 2.22. The fourth-order valence-corrected chi connectivity index (χ4v) is 3.78. The molecule has 2 aromatic rings. The molecule has 4 heteroatoms. The highest BCUT2D eigenvalue weighted by atomic mass is 16.5. The summed E-state index contributed by atoms with van der Waals surface area (Å²) in [6, 6.07) is 9.69. The summed E-state index contributed by atoms with van der Waals surface area (Å²) in [6.07, 6.45) is 9.99. The van der Waals surface area contributed by atoms with Gasteiger partial charge in [0, 0.05) is 37.0 Å². The van der Waals surface area contributed by atoms with Crippen LogP contribution in [0.5, 0.6) is 11.5 Å². The van der Waals surface area contributed by atoms with Gasteiger partial charge in [0.15, 0.2) is 11.5 Å². The van der Waals surface area contributed by atoms with Gasteiger partial charge in [-0.25, -0.2) is 0 Å². The third-order valence-electron chi connectivity index (χ3n) is 5.05. The van der Waals surface area contributed by atoms with Crippen LogP contribution in [0.3, 0.4) is 0 Å². The van der Waals surface area contributed by atoms with E-state index in [9.17, 15) is 5.11 Å². The Bertz CT molecular complexity index is 758. The van der Waals surface area contributed by atoms with E-state index in [1.165, 1.54) is 19.3 Å². The summed E-state index contributed by atoms with van der Waals surface area (Å²) in [5, 5.41) is 10.5. The maximum Gasteiger partial charge on any atom is 0.165 e. The Morgan fingerprint density at radius 2 is 2.20 bits per heavy atom. The van der Waals surface area contributed by atoms with Crippen LogP contribution >= 0.6 is 0 Å². The summed E-state index contributed by atoms with van der Waals surface area (Å²) < 4.78 is 5.86. The monoisotopic (exact) mass is 336 g/mol. The highest BCUT2D eigenvalue weighted by Crippen LogP contribution is 2.37.